The Bertz CT molecular complexity index is 586. The normalized spacial score (nSPS) is 10.3. The van der Waals surface area contributed by atoms with Crippen LogP contribution >= 0.6 is 23.4 Å². The van der Waals surface area contributed by atoms with Crippen LogP contribution in [-0.2, 0) is 4.79 Å². The number of carbonyl (C=O) groups excluding carboxylic acids is 1. The maximum absolute atomic E-state index is 11.9. The van der Waals surface area contributed by atoms with Crippen molar-refractivity contribution >= 4 is 35.0 Å². The number of carbonyl (C=O) groups is 1. The van der Waals surface area contributed by atoms with Gasteiger partial charge in [-0.3, -0.25) is 4.79 Å². The summed E-state index contributed by atoms with van der Waals surface area (Å²) in [5.74, 6) is 0.772. The predicted molar refractivity (Wildman–Crippen MR) is 86.6 cm³/mol. The highest BCUT2D eigenvalue weighted by molar-refractivity contribution is 7.99. The van der Waals surface area contributed by atoms with Crippen LogP contribution in [0, 0.1) is 6.92 Å². The number of rotatable bonds is 5. The third kappa shape index (κ3) is 4.58. The van der Waals surface area contributed by atoms with E-state index in [1.54, 1.807) is 17.8 Å². The van der Waals surface area contributed by atoms with E-state index < -0.39 is 0 Å². The van der Waals surface area contributed by atoms with Crippen LogP contribution in [0.3, 0.4) is 0 Å². The minimum atomic E-state index is 0.0128. The van der Waals surface area contributed by atoms with Crippen LogP contribution in [0.4, 0.5) is 5.69 Å². The molecule has 0 saturated carbocycles. The second kappa shape index (κ2) is 7.36. The van der Waals surface area contributed by atoms with Crippen molar-refractivity contribution in [3.63, 3.8) is 0 Å². The average molecular weight is 306 g/mol. The zero-order chi connectivity index (χ0) is 14.4. The highest BCUT2D eigenvalue weighted by Gasteiger charge is 2.05. The van der Waals surface area contributed by atoms with Gasteiger partial charge in [-0.25, -0.2) is 0 Å². The summed E-state index contributed by atoms with van der Waals surface area (Å²) in [5, 5.41) is 3.53. The Hall–Kier alpha value is -1.45. The van der Waals surface area contributed by atoms with Gasteiger partial charge in [0.15, 0.2) is 0 Å². The zero-order valence-corrected chi connectivity index (χ0v) is 12.8. The minimum absolute atomic E-state index is 0.0128. The van der Waals surface area contributed by atoms with Crippen molar-refractivity contribution in [2.24, 2.45) is 0 Å². The summed E-state index contributed by atoms with van der Waals surface area (Å²) in [6.07, 6.45) is 0.478. The minimum Gasteiger partial charge on any atom is -0.326 e. The molecule has 2 rings (SSSR count). The standard InChI is InChI=1S/C16H16ClNOS/c1-12-7-8-13(17)11-15(12)18-16(19)9-10-20-14-5-3-2-4-6-14/h2-8,11H,9-10H2,1H3,(H,18,19). The van der Waals surface area contributed by atoms with Crippen molar-refractivity contribution in [3.05, 3.63) is 59.1 Å². The molecule has 0 spiro atoms. The first-order valence-electron chi connectivity index (χ1n) is 6.39. The third-order valence-corrected chi connectivity index (χ3v) is 4.06. The topological polar surface area (TPSA) is 29.1 Å². The van der Waals surface area contributed by atoms with Crippen LogP contribution in [0.5, 0.6) is 0 Å². The molecule has 104 valence electrons. The number of hydrogen-bond acceptors (Lipinski definition) is 2. The number of aryl methyl sites for hydroxylation is 1. The molecule has 0 atom stereocenters. The van der Waals surface area contributed by atoms with E-state index in [1.807, 2.05) is 49.4 Å². The van der Waals surface area contributed by atoms with Crippen LogP contribution in [0.25, 0.3) is 0 Å². The number of halogens is 1. The number of thioether (sulfide) groups is 1. The first kappa shape index (κ1) is 14.9. The molecule has 0 radical (unpaired) electrons. The van der Waals surface area contributed by atoms with E-state index in [4.69, 9.17) is 11.6 Å². The number of hydrogen-bond donors (Lipinski definition) is 1. The van der Waals surface area contributed by atoms with Crippen molar-refractivity contribution in [1.82, 2.24) is 0 Å². The van der Waals surface area contributed by atoms with Crippen LogP contribution in [0.15, 0.2) is 53.4 Å². The Kier molecular flexibility index (Phi) is 5.50. The smallest absolute Gasteiger partial charge is 0.225 e. The summed E-state index contributed by atoms with van der Waals surface area (Å²) in [7, 11) is 0. The molecule has 0 aliphatic rings. The van der Waals surface area contributed by atoms with E-state index in [2.05, 4.69) is 5.32 Å². The molecule has 1 amide bonds. The maximum atomic E-state index is 11.9. The van der Waals surface area contributed by atoms with Gasteiger partial charge in [-0.15, -0.1) is 11.8 Å². The Morgan fingerprint density at radius 1 is 1.20 bits per heavy atom. The maximum Gasteiger partial charge on any atom is 0.225 e. The number of nitrogens with one attached hydrogen (secondary N) is 1. The Balaban J connectivity index is 1.82. The summed E-state index contributed by atoms with van der Waals surface area (Å²) in [5.41, 5.74) is 1.80. The van der Waals surface area contributed by atoms with E-state index in [-0.39, 0.29) is 5.91 Å². The fourth-order valence-electron chi connectivity index (χ4n) is 1.72. The van der Waals surface area contributed by atoms with Gasteiger partial charge in [0.2, 0.25) is 5.91 Å². The van der Waals surface area contributed by atoms with Gasteiger partial charge in [0.1, 0.15) is 0 Å². The lowest BCUT2D eigenvalue weighted by atomic mass is 10.2. The van der Waals surface area contributed by atoms with Crippen LogP contribution in [0.1, 0.15) is 12.0 Å². The molecule has 0 fully saturated rings. The average Bonchev–Trinajstić information content (AvgIpc) is 2.44. The largest absolute Gasteiger partial charge is 0.326 e. The van der Waals surface area contributed by atoms with E-state index in [1.165, 1.54) is 4.90 Å². The molecule has 1 N–H and O–H groups in total. The van der Waals surface area contributed by atoms with E-state index in [0.717, 1.165) is 17.0 Å². The molecule has 4 heteroatoms. The molecule has 0 heterocycles. The van der Waals surface area contributed by atoms with Crippen molar-refractivity contribution in [2.45, 2.75) is 18.2 Å². The quantitative estimate of drug-likeness (QED) is 0.806. The van der Waals surface area contributed by atoms with Gasteiger partial charge in [-0.05, 0) is 36.8 Å². The van der Waals surface area contributed by atoms with E-state index in [0.29, 0.717) is 11.4 Å². The second-order valence-electron chi connectivity index (χ2n) is 4.42. The lowest BCUT2D eigenvalue weighted by Gasteiger charge is -2.08. The first-order chi connectivity index (χ1) is 9.65. The van der Waals surface area contributed by atoms with Gasteiger partial charge < -0.3 is 5.32 Å². The molecule has 0 bridgehead atoms. The van der Waals surface area contributed by atoms with Crippen LogP contribution in [0.2, 0.25) is 5.02 Å². The fourth-order valence-corrected chi connectivity index (χ4v) is 2.76. The van der Waals surface area contributed by atoms with Gasteiger partial charge in [0.25, 0.3) is 0 Å². The van der Waals surface area contributed by atoms with Gasteiger partial charge in [0.05, 0.1) is 0 Å². The molecule has 0 unspecified atom stereocenters. The van der Waals surface area contributed by atoms with Crippen molar-refractivity contribution in [2.75, 3.05) is 11.1 Å². The molecule has 20 heavy (non-hydrogen) atoms. The lowest BCUT2D eigenvalue weighted by Crippen LogP contribution is -2.13. The molecular formula is C16H16ClNOS. The Morgan fingerprint density at radius 2 is 1.95 bits per heavy atom. The van der Waals surface area contributed by atoms with E-state index >= 15 is 0 Å². The molecule has 2 aromatic carbocycles. The lowest BCUT2D eigenvalue weighted by molar-refractivity contribution is -0.115. The first-order valence-corrected chi connectivity index (χ1v) is 7.75. The Morgan fingerprint density at radius 3 is 2.70 bits per heavy atom. The van der Waals surface area contributed by atoms with Crippen LogP contribution < -0.4 is 5.32 Å². The highest BCUT2D eigenvalue weighted by Crippen LogP contribution is 2.21. The molecule has 0 aliphatic carbocycles. The molecule has 2 aromatic rings. The van der Waals surface area contributed by atoms with E-state index in [9.17, 15) is 4.79 Å². The van der Waals surface area contributed by atoms with Gasteiger partial charge in [-0.2, -0.15) is 0 Å². The molecular weight excluding hydrogens is 290 g/mol. The van der Waals surface area contributed by atoms with Crippen molar-refractivity contribution in [1.29, 1.82) is 0 Å². The molecule has 0 aromatic heterocycles. The van der Waals surface area contributed by atoms with Gasteiger partial charge in [0, 0.05) is 27.8 Å². The van der Waals surface area contributed by atoms with Crippen molar-refractivity contribution in [3.8, 4) is 0 Å². The van der Waals surface area contributed by atoms with Crippen molar-refractivity contribution < 1.29 is 4.79 Å². The SMILES string of the molecule is Cc1ccc(Cl)cc1NC(=O)CCSc1ccccc1. The summed E-state index contributed by atoms with van der Waals surface area (Å²) in [6.45, 7) is 1.95. The fraction of sp³-hybridized carbons (Fsp3) is 0.188. The number of amides is 1. The zero-order valence-electron chi connectivity index (χ0n) is 11.2. The van der Waals surface area contributed by atoms with Crippen LogP contribution in [-0.4, -0.2) is 11.7 Å². The summed E-state index contributed by atoms with van der Waals surface area (Å²) < 4.78 is 0. The third-order valence-electron chi connectivity index (χ3n) is 2.81. The van der Waals surface area contributed by atoms with Gasteiger partial charge >= 0.3 is 0 Å². The number of benzene rings is 2. The summed E-state index contributed by atoms with van der Waals surface area (Å²) in [6, 6.07) is 15.6. The number of anilines is 1. The molecule has 0 aliphatic heterocycles. The summed E-state index contributed by atoms with van der Waals surface area (Å²) in [4.78, 5) is 13.1. The molecule has 2 nitrogen and oxygen atoms in total. The molecule has 0 saturated heterocycles. The Labute approximate surface area is 128 Å². The highest BCUT2D eigenvalue weighted by atomic mass is 35.5. The monoisotopic (exact) mass is 305 g/mol. The summed E-state index contributed by atoms with van der Waals surface area (Å²) >= 11 is 7.61. The predicted octanol–water partition coefficient (Wildman–Crippen LogP) is 4.77. The van der Waals surface area contributed by atoms with Gasteiger partial charge in [-0.1, -0.05) is 35.9 Å². The second-order valence-corrected chi connectivity index (χ2v) is 6.02.